The van der Waals surface area contributed by atoms with E-state index in [9.17, 15) is 4.79 Å². The molecule has 3 heteroatoms. The number of amides is 1. The van der Waals surface area contributed by atoms with Crippen LogP contribution in [0.25, 0.3) is 0 Å². The molecule has 2 N–H and O–H groups in total. The average Bonchev–Trinajstić information content (AvgIpc) is 2.82. The first kappa shape index (κ1) is 13.7. The van der Waals surface area contributed by atoms with Crippen LogP contribution in [0.4, 0.5) is 0 Å². The molecular weight excluding hydrogens is 278 g/mol. The molecule has 0 aromatic heterocycles. The lowest BCUT2D eigenvalue weighted by atomic mass is 9.62. The van der Waals surface area contributed by atoms with Crippen LogP contribution in [-0.4, -0.2) is 17.9 Å². The summed E-state index contributed by atoms with van der Waals surface area (Å²) in [5, 5.41) is 0. The molecule has 112 valence electrons. The fourth-order valence-corrected chi connectivity index (χ4v) is 7.15. The molecule has 1 amide bonds. The van der Waals surface area contributed by atoms with E-state index in [-0.39, 0.29) is 11.8 Å². The van der Waals surface area contributed by atoms with Crippen LogP contribution in [0.5, 0.6) is 0 Å². The zero-order valence-corrected chi connectivity index (χ0v) is 13.4. The molecule has 5 rings (SSSR count). The number of thioether (sulfide) groups is 1. The SMILES string of the molecule is CSCC12CC3CC(c4ccccc4)(C[C@H]1C3C(N)=O)C2. The maximum atomic E-state index is 12.0. The maximum absolute atomic E-state index is 12.0. The van der Waals surface area contributed by atoms with Gasteiger partial charge in [0.15, 0.2) is 0 Å². The highest BCUT2D eigenvalue weighted by molar-refractivity contribution is 7.98. The maximum Gasteiger partial charge on any atom is 0.221 e. The van der Waals surface area contributed by atoms with Gasteiger partial charge in [-0.2, -0.15) is 11.8 Å². The Hall–Kier alpha value is -0.960. The Morgan fingerprint density at radius 2 is 2.05 bits per heavy atom. The highest BCUT2D eigenvalue weighted by Crippen LogP contribution is 2.73. The predicted octanol–water partition coefficient (Wildman–Crippen LogP) is 3.21. The highest BCUT2D eigenvalue weighted by Gasteiger charge is 2.68. The Morgan fingerprint density at radius 1 is 1.29 bits per heavy atom. The van der Waals surface area contributed by atoms with Crippen LogP contribution in [0.15, 0.2) is 30.3 Å². The van der Waals surface area contributed by atoms with Crippen LogP contribution in [0, 0.1) is 23.2 Å². The zero-order chi connectivity index (χ0) is 14.7. The van der Waals surface area contributed by atoms with Crippen molar-refractivity contribution in [3.8, 4) is 0 Å². The molecule has 5 atom stereocenters. The summed E-state index contributed by atoms with van der Waals surface area (Å²) in [4.78, 5) is 12.0. The lowest BCUT2D eigenvalue weighted by Crippen LogP contribution is -2.40. The number of hydrogen-bond acceptors (Lipinski definition) is 2. The van der Waals surface area contributed by atoms with E-state index in [1.54, 1.807) is 0 Å². The molecule has 0 spiro atoms. The van der Waals surface area contributed by atoms with Crippen molar-refractivity contribution in [1.29, 1.82) is 0 Å². The Morgan fingerprint density at radius 3 is 2.71 bits per heavy atom. The van der Waals surface area contributed by atoms with Gasteiger partial charge in [0.25, 0.3) is 0 Å². The van der Waals surface area contributed by atoms with Gasteiger partial charge in [-0.25, -0.2) is 0 Å². The third kappa shape index (κ3) is 1.76. The van der Waals surface area contributed by atoms with Crippen molar-refractivity contribution >= 4 is 17.7 Å². The Bertz CT molecular complexity index is 574. The number of benzene rings is 1. The van der Waals surface area contributed by atoms with Gasteiger partial charge in [-0.15, -0.1) is 0 Å². The summed E-state index contributed by atoms with van der Waals surface area (Å²) >= 11 is 1.94. The second kappa shape index (κ2) is 4.52. The minimum atomic E-state index is -0.0449. The van der Waals surface area contributed by atoms with Crippen molar-refractivity contribution in [2.45, 2.75) is 31.1 Å². The number of rotatable bonds is 4. The van der Waals surface area contributed by atoms with E-state index in [4.69, 9.17) is 5.73 Å². The van der Waals surface area contributed by atoms with Gasteiger partial charge in [0.2, 0.25) is 5.91 Å². The predicted molar refractivity (Wildman–Crippen MR) is 87.1 cm³/mol. The second-order valence-corrected chi connectivity index (χ2v) is 8.39. The minimum Gasteiger partial charge on any atom is -0.369 e. The first-order valence-electron chi connectivity index (χ1n) is 7.94. The molecule has 21 heavy (non-hydrogen) atoms. The Kier molecular flexibility index (Phi) is 2.94. The van der Waals surface area contributed by atoms with Crippen LogP contribution in [0.1, 0.15) is 31.2 Å². The van der Waals surface area contributed by atoms with Gasteiger partial charge in [-0.05, 0) is 65.9 Å². The van der Waals surface area contributed by atoms with Crippen LogP contribution < -0.4 is 5.73 Å². The molecule has 1 aromatic carbocycles. The average molecular weight is 301 g/mol. The third-order valence-electron chi connectivity index (χ3n) is 6.50. The van der Waals surface area contributed by atoms with E-state index in [1.807, 2.05) is 11.8 Å². The quantitative estimate of drug-likeness (QED) is 0.928. The molecule has 4 aliphatic carbocycles. The molecule has 4 fully saturated rings. The number of hydrogen-bond donors (Lipinski definition) is 1. The standard InChI is InChI=1S/C18H23NOS/c1-21-11-18-8-12-7-17(10-18,13-5-3-2-4-6-13)9-14(18)15(12)16(19)20/h2-6,12,14-15H,7-11H2,1H3,(H2,19,20)/t12?,14-,15?,17?,18?/m0/s1. The fourth-order valence-electron chi connectivity index (χ4n) is 6.14. The summed E-state index contributed by atoms with van der Waals surface area (Å²) in [6, 6.07) is 11.0. The summed E-state index contributed by atoms with van der Waals surface area (Å²) < 4.78 is 0. The number of carbonyl (C=O) groups excluding carboxylic acids is 1. The summed E-state index contributed by atoms with van der Waals surface area (Å²) in [6.45, 7) is 0. The first-order valence-corrected chi connectivity index (χ1v) is 9.33. The van der Waals surface area contributed by atoms with E-state index in [2.05, 4.69) is 36.6 Å². The van der Waals surface area contributed by atoms with Crippen LogP contribution >= 0.6 is 11.8 Å². The van der Waals surface area contributed by atoms with Crippen LogP contribution in [0.3, 0.4) is 0 Å². The molecule has 1 aromatic rings. The highest BCUT2D eigenvalue weighted by atomic mass is 32.2. The number of primary amides is 1. The molecule has 4 saturated carbocycles. The Balaban J connectivity index is 1.76. The van der Waals surface area contributed by atoms with Crippen molar-refractivity contribution < 1.29 is 4.79 Å². The number of carbonyl (C=O) groups is 1. The van der Waals surface area contributed by atoms with Gasteiger partial charge in [0.05, 0.1) is 0 Å². The lowest BCUT2D eigenvalue weighted by Gasteiger charge is -2.42. The van der Waals surface area contributed by atoms with Crippen molar-refractivity contribution in [2.24, 2.45) is 28.9 Å². The summed E-state index contributed by atoms with van der Waals surface area (Å²) in [5.41, 5.74) is 7.93. The van der Waals surface area contributed by atoms with Crippen molar-refractivity contribution in [1.82, 2.24) is 0 Å². The van der Waals surface area contributed by atoms with Gasteiger partial charge in [-0.3, -0.25) is 4.79 Å². The van der Waals surface area contributed by atoms with Crippen molar-refractivity contribution in [3.05, 3.63) is 35.9 Å². The molecule has 2 nitrogen and oxygen atoms in total. The summed E-state index contributed by atoms with van der Waals surface area (Å²) in [5.74, 6) is 2.31. The molecule has 4 aliphatic rings. The third-order valence-corrected chi connectivity index (χ3v) is 7.36. The van der Waals surface area contributed by atoms with Gasteiger partial charge in [0.1, 0.15) is 0 Å². The molecule has 0 saturated heterocycles. The fraction of sp³-hybridized carbons (Fsp3) is 0.611. The van der Waals surface area contributed by atoms with Crippen LogP contribution in [-0.2, 0) is 10.2 Å². The van der Waals surface area contributed by atoms with Crippen molar-refractivity contribution in [3.63, 3.8) is 0 Å². The van der Waals surface area contributed by atoms with E-state index in [0.29, 0.717) is 22.7 Å². The van der Waals surface area contributed by atoms with E-state index < -0.39 is 0 Å². The van der Waals surface area contributed by atoms with Crippen molar-refractivity contribution in [2.75, 3.05) is 12.0 Å². The van der Waals surface area contributed by atoms with Gasteiger partial charge >= 0.3 is 0 Å². The number of nitrogens with two attached hydrogens (primary N) is 1. The molecule has 0 radical (unpaired) electrons. The molecular formula is C18H23NOS. The minimum absolute atomic E-state index is 0.0449. The summed E-state index contributed by atoms with van der Waals surface area (Å²) in [6.07, 6.45) is 7.01. The first-order chi connectivity index (χ1) is 10.1. The zero-order valence-electron chi connectivity index (χ0n) is 12.5. The smallest absolute Gasteiger partial charge is 0.221 e. The van der Waals surface area contributed by atoms with Crippen LogP contribution in [0.2, 0.25) is 0 Å². The molecule has 4 unspecified atom stereocenters. The lowest BCUT2D eigenvalue weighted by molar-refractivity contribution is -0.125. The molecule has 0 heterocycles. The molecule has 4 bridgehead atoms. The van der Waals surface area contributed by atoms with E-state index in [1.165, 1.54) is 30.6 Å². The normalized spacial score (nSPS) is 43.4. The molecule has 0 aliphatic heterocycles. The van der Waals surface area contributed by atoms with Gasteiger partial charge in [-0.1, -0.05) is 30.3 Å². The summed E-state index contributed by atoms with van der Waals surface area (Å²) in [7, 11) is 0. The second-order valence-electron chi connectivity index (χ2n) is 7.53. The van der Waals surface area contributed by atoms with Gasteiger partial charge < -0.3 is 5.73 Å². The topological polar surface area (TPSA) is 43.1 Å². The van der Waals surface area contributed by atoms with E-state index in [0.717, 1.165) is 6.42 Å². The monoisotopic (exact) mass is 301 g/mol. The largest absolute Gasteiger partial charge is 0.369 e. The van der Waals surface area contributed by atoms with Gasteiger partial charge in [0, 0.05) is 5.92 Å². The Labute approximate surface area is 130 Å². The van der Waals surface area contributed by atoms with E-state index >= 15 is 0 Å².